The SMILES string of the molecule is CC(C)C(=O)N1CCN(C(CO)CO)CC(C(=O)O)C1. The number of rotatable bonds is 5. The van der Waals surface area contributed by atoms with Gasteiger partial charge in [-0.15, -0.1) is 0 Å². The van der Waals surface area contributed by atoms with E-state index in [1.54, 1.807) is 23.6 Å². The Morgan fingerprint density at radius 1 is 1.15 bits per heavy atom. The van der Waals surface area contributed by atoms with Gasteiger partial charge < -0.3 is 20.2 Å². The lowest BCUT2D eigenvalue weighted by atomic mass is 10.1. The highest BCUT2D eigenvalue weighted by atomic mass is 16.4. The number of amides is 1. The van der Waals surface area contributed by atoms with E-state index >= 15 is 0 Å². The summed E-state index contributed by atoms with van der Waals surface area (Å²) in [5, 5.41) is 27.7. The highest BCUT2D eigenvalue weighted by molar-refractivity contribution is 5.79. The molecule has 1 amide bonds. The van der Waals surface area contributed by atoms with Gasteiger partial charge >= 0.3 is 5.97 Å². The minimum atomic E-state index is -0.965. The van der Waals surface area contributed by atoms with Crippen LogP contribution in [0.4, 0.5) is 0 Å². The van der Waals surface area contributed by atoms with E-state index in [0.29, 0.717) is 13.1 Å². The molecule has 0 aromatic heterocycles. The van der Waals surface area contributed by atoms with Crippen molar-refractivity contribution in [3.63, 3.8) is 0 Å². The Hall–Kier alpha value is -1.18. The molecular weight excluding hydrogens is 264 g/mol. The molecule has 1 fully saturated rings. The van der Waals surface area contributed by atoms with Crippen molar-refractivity contribution in [3.8, 4) is 0 Å². The van der Waals surface area contributed by atoms with Crippen molar-refractivity contribution in [3.05, 3.63) is 0 Å². The molecule has 0 aromatic carbocycles. The first-order chi connectivity index (χ1) is 9.40. The molecule has 3 N–H and O–H groups in total. The predicted molar refractivity (Wildman–Crippen MR) is 72.1 cm³/mol. The Labute approximate surface area is 118 Å². The summed E-state index contributed by atoms with van der Waals surface area (Å²) in [5.41, 5.74) is 0. The van der Waals surface area contributed by atoms with Crippen LogP contribution >= 0.6 is 0 Å². The number of carbonyl (C=O) groups excluding carboxylic acids is 1. The molecule has 1 aliphatic rings. The molecule has 0 aliphatic carbocycles. The third kappa shape index (κ3) is 4.16. The van der Waals surface area contributed by atoms with Gasteiger partial charge in [-0.25, -0.2) is 0 Å². The van der Waals surface area contributed by atoms with E-state index in [-0.39, 0.29) is 38.1 Å². The largest absolute Gasteiger partial charge is 0.481 e. The smallest absolute Gasteiger partial charge is 0.309 e. The molecule has 1 heterocycles. The maximum Gasteiger partial charge on any atom is 0.309 e. The van der Waals surface area contributed by atoms with Crippen LogP contribution in [-0.2, 0) is 9.59 Å². The fourth-order valence-corrected chi connectivity index (χ4v) is 2.38. The number of aliphatic hydroxyl groups excluding tert-OH is 2. The number of carboxylic acid groups (broad SMARTS) is 1. The quantitative estimate of drug-likeness (QED) is 0.590. The van der Waals surface area contributed by atoms with Crippen LogP contribution in [0.3, 0.4) is 0 Å². The monoisotopic (exact) mass is 288 g/mol. The van der Waals surface area contributed by atoms with E-state index in [1.807, 2.05) is 0 Å². The lowest BCUT2D eigenvalue weighted by Crippen LogP contribution is -2.44. The molecule has 0 bridgehead atoms. The molecule has 7 heteroatoms. The maximum atomic E-state index is 12.1. The fraction of sp³-hybridized carbons (Fsp3) is 0.846. The van der Waals surface area contributed by atoms with E-state index in [2.05, 4.69) is 0 Å². The molecule has 1 aliphatic heterocycles. The van der Waals surface area contributed by atoms with E-state index in [1.165, 1.54) is 0 Å². The average molecular weight is 288 g/mol. The van der Waals surface area contributed by atoms with Gasteiger partial charge in [0.25, 0.3) is 0 Å². The van der Waals surface area contributed by atoms with Gasteiger partial charge in [-0.3, -0.25) is 14.5 Å². The van der Waals surface area contributed by atoms with Crippen LogP contribution in [0.25, 0.3) is 0 Å². The highest BCUT2D eigenvalue weighted by Gasteiger charge is 2.32. The van der Waals surface area contributed by atoms with Gasteiger partial charge in [-0.05, 0) is 0 Å². The first-order valence-corrected chi connectivity index (χ1v) is 6.88. The molecule has 1 rings (SSSR count). The molecular formula is C13H24N2O5. The number of aliphatic carboxylic acids is 1. The standard InChI is InChI=1S/C13H24N2O5/c1-9(2)12(18)15-4-3-14(11(7-16)8-17)5-10(6-15)13(19)20/h9-11,16-17H,3-8H2,1-2H3,(H,19,20). The minimum Gasteiger partial charge on any atom is -0.481 e. The fourth-order valence-electron chi connectivity index (χ4n) is 2.38. The molecule has 0 aromatic rings. The third-order valence-corrected chi connectivity index (χ3v) is 3.65. The molecule has 7 nitrogen and oxygen atoms in total. The molecule has 0 saturated carbocycles. The van der Waals surface area contributed by atoms with E-state index < -0.39 is 17.9 Å². The van der Waals surface area contributed by atoms with Crippen LogP contribution in [-0.4, -0.2) is 82.4 Å². The van der Waals surface area contributed by atoms with Gasteiger partial charge in [0.05, 0.1) is 25.2 Å². The topological polar surface area (TPSA) is 101 Å². The number of nitrogens with zero attached hydrogens (tertiary/aromatic N) is 2. The molecule has 116 valence electrons. The summed E-state index contributed by atoms with van der Waals surface area (Å²) in [6.07, 6.45) is 0. The van der Waals surface area contributed by atoms with Crippen molar-refractivity contribution < 1.29 is 24.9 Å². The molecule has 1 saturated heterocycles. The van der Waals surface area contributed by atoms with Crippen molar-refractivity contribution in [1.82, 2.24) is 9.80 Å². The molecule has 1 atom stereocenters. The van der Waals surface area contributed by atoms with Gasteiger partial charge in [-0.2, -0.15) is 0 Å². The normalized spacial score (nSPS) is 21.3. The van der Waals surface area contributed by atoms with E-state index in [0.717, 1.165) is 0 Å². The van der Waals surface area contributed by atoms with Gasteiger partial charge in [-0.1, -0.05) is 13.8 Å². The van der Waals surface area contributed by atoms with Crippen LogP contribution in [0, 0.1) is 11.8 Å². The lowest BCUT2D eigenvalue weighted by Gasteiger charge is -2.28. The van der Waals surface area contributed by atoms with Crippen LogP contribution in [0.15, 0.2) is 0 Å². The zero-order chi connectivity index (χ0) is 15.3. The second-order valence-corrected chi connectivity index (χ2v) is 5.49. The van der Waals surface area contributed by atoms with Gasteiger partial charge in [0.15, 0.2) is 0 Å². The Morgan fingerprint density at radius 2 is 1.75 bits per heavy atom. The first-order valence-electron chi connectivity index (χ1n) is 6.88. The number of carboxylic acids is 1. The first kappa shape index (κ1) is 16.9. The molecule has 1 unspecified atom stereocenters. The Kier molecular flexibility index (Phi) is 6.38. The zero-order valence-electron chi connectivity index (χ0n) is 12.0. The average Bonchev–Trinajstić information content (AvgIpc) is 2.62. The number of hydrogen-bond acceptors (Lipinski definition) is 5. The van der Waals surface area contributed by atoms with Gasteiger partial charge in [0, 0.05) is 32.1 Å². The molecule has 0 radical (unpaired) electrons. The van der Waals surface area contributed by atoms with Gasteiger partial charge in [0.2, 0.25) is 5.91 Å². The molecule has 0 spiro atoms. The number of carbonyl (C=O) groups is 2. The second-order valence-electron chi connectivity index (χ2n) is 5.49. The predicted octanol–water partition coefficient (Wildman–Crippen LogP) is -1.16. The van der Waals surface area contributed by atoms with Crippen molar-refractivity contribution in [1.29, 1.82) is 0 Å². The number of aliphatic hydroxyl groups is 2. The molecule has 20 heavy (non-hydrogen) atoms. The Balaban J connectivity index is 2.85. The van der Waals surface area contributed by atoms with Crippen molar-refractivity contribution in [2.75, 3.05) is 39.4 Å². The van der Waals surface area contributed by atoms with Crippen LogP contribution in [0.2, 0.25) is 0 Å². The maximum absolute atomic E-state index is 12.1. The van der Waals surface area contributed by atoms with Gasteiger partial charge in [0.1, 0.15) is 0 Å². The van der Waals surface area contributed by atoms with Crippen molar-refractivity contribution >= 4 is 11.9 Å². The lowest BCUT2D eigenvalue weighted by molar-refractivity contribution is -0.144. The summed E-state index contributed by atoms with van der Waals surface area (Å²) in [7, 11) is 0. The van der Waals surface area contributed by atoms with Crippen LogP contribution in [0.5, 0.6) is 0 Å². The Morgan fingerprint density at radius 3 is 2.20 bits per heavy atom. The van der Waals surface area contributed by atoms with Crippen molar-refractivity contribution in [2.24, 2.45) is 11.8 Å². The Bertz CT molecular complexity index is 344. The summed E-state index contributed by atoms with van der Waals surface area (Å²) in [4.78, 5) is 26.7. The highest BCUT2D eigenvalue weighted by Crippen LogP contribution is 2.15. The van der Waals surface area contributed by atoms with Crippen molar-refractivity contribution in [2.45, 2.75) is 19.9 Å². The van der Waals surface area contributed by atoms with Crippen LogP contribution in [0.1, 0.15) is 13.8 Å². The summed E-state index contributed by atoms with van der Waals surface area (Å²) in [5.74, 6) is -1.92. The van der Waals surface area contributed by atoms with E-state index in [9.17, 15) is 24.9 Å². The third-order valence-electron chi connectivity index (χ3n) is 3.65. The minimum absolute atomic E-state index is 0.0670. The second kappa shape index (κ2) is 7.56. The summed E-state index contributed by atoms with van der Waals surface area (Å²) >= 11 is 0. The number of hydrogen-bond donors (Lipinski definition) is 3. The van der Waals surface area contributed by atoms with E-state index in [4.69, 9.17) is 0 Å². The summed E-state index contributed by atoms with van der Waals surface area (Å²) in [6.45, 7) is 4.36. The summed E-state index contributed by atoms with van der Waals surface area (Å²) in [6, 6.07) is -0.481. The zero-order valence-corrected chi connectivity index (χ0v) is 12.0. The summed E-state index contributed by atoms with van der Waals surface area (Å²) < 4.78 is 0. The van der Waals surface area contributed by atoms with Crippen LogP contribution < -0.4 is 0 Å².